The Kier molecular flexibility index (Phi) is 5.83. The molecule has 2 rings (SSSR count). The largest absolute Gasteiger partial charge is 0.354 e. The molecule has 7 heteroatoms. The van der Waals surface area contributed by atoms with E-state index in [2.05, 4.69) is 5.32 Å². The zero-order valence-electron chi connectivity index (χ0n) is 14.1. The Balaban J connectivity index is 2.58. The van der Waals surface area contributed by atoms with E-state index >= 15 is 0 Å². The summed E-state index contributed by atoms with van der Waals surface area (Å²) in [6.07, 6.45) is 0.647. The number of nitrogens with one attached hydrogen (secondary N) is 1. The molecule has 0 aliphatic heterocycles. The predicted octanol–water partition coefficient (Wildman–Crippen LogP) is 2.00. The maximum atomic E-state index is 12.7. The number of rotatable bonds is 6. The number of hydrogen-bond donors (Lipinski definition) is 1. The summed E-state index contributed by atoms with van der Waals surface area (Å²) in [5.41, 5.74) is -0.465. The lowest BCUT2D eigenvalue weighted by molar-refractivity contribution is -0.121. The van der Waals surface area contributed by atoms with E-state index < -0.39 is 5.69 Å². The van der Waals surface area contributed by atoms with Gasteiger partial charge in [-0.15, -0.1) is 0 Å². The first kappa shape index (κ1) is 18.3. The van der Waals surface area contributed by atoms with Crippen LogP contribution in [0.3, 0.4) is 0 Å². The molecule has 0 aliphatic rings. The molecular weight excluding hydrogens is 330 g/mol. The first-order chi connectivity index (χ1) is 11.3. The van der Waals surface area contributed by atoms with Crippen molar-refractivity contribution in [3.8, 4) is 0 Å². The summed E-state index contributed by atoms with van der Waals surface area (Å²) < 4.78 is 2.49. The van der Waals surface area contributed by atoms with Crippen LogP contribution in [0, 0.1) is 5.92 Å². The summed E-state index contributed by atoms with van der Waals surface area (Å²) in [6.45, 7) is 6.56. The lowest BCUT2D eigenvalue weighted by atomic mass is 10.2. The highest BCUT2D eigenvalue weighted by Gasteiger charge is 2.15. The zero-order valence-corrected chi connectivity index (χ0v) is 14.9. The molecule has 1 heterocycles. The van der Waals surface area contributed by atoms with Gasteiger partial charge in [-0.3, -0.25) is 18.7 Å². The summed E-state index contributed by atoms with van der Waals surface area (Å²) in [6, 6.07) is 4.75. The second kappa shape index (κ2) is 7.66. The molecule has 6 nitrogen and oxygen atoms in total. The van der Waals surface area contributed by atoms with Crippen molar-refractivity contribution < 1.29 is 4.79 Å². The Hall–Kier alpha value is -2.08. The quantitative estimate of drug-likeness (QED) is 0.865. The van der Waals surface area contributed by atoms with Crippen LogP contribution in [-0.2, 0) is 17.9 Å². The third-order valence-electron chi connectivity index (χ3n) is 3.64. The van der Waals surface area contributed by atoms with Crippen molar-refractivity contribution in [3.63, 3.8) is 0 Å². The van der Waals surface area contributed by atoms with Crippen molar-refractivity contribution in [3.05, 3.63) is 44.1 Å². The van der Waals surface area contributed by atoms with Gasteiger partial charge >= 0.3 is 5.69 Å². The highest BCUT2D eigenvalue weighted by atomic mass is 35.5. The maximum absolute atomic E-state index is 12.7. The van der Waals surface area contributed by atoms with Gasteiger partial charge in [0.15, 0.2) is 0 Å². The Morgan fingerprint density at radius 3 is 2.58 bits per heavy atom. The molecular formula is C17H22ClN3O3. The lowest BCUT2D eigenvalue weighted by Gasteiger charge is -2.14. The summed E-state index contributed by atoms with van der Waals surface area (Å²) in [4.78, 5) is 37.4. The van der Waals surface area contributed by atoms with Crippen molar-refractivity contribution in [2.45, 2.75) is 40.3 Å². The molecule has 0 atom stereocenters. The number of amides is 1. The first-order valence-electron chi connectivity index (χ1n) is 8.04. The van der Waals surface area contributed by atoms with E-state index in [1.165, 1.54) is 9.13 Å². The average Bonchev–Trinajstić information content (AvgIpc) is 2.53. The number of nitrogens with zero attached hydrogens (tertiary/aromatic N) is 2. The van der Waals surface area contributed by atoms with E-state index in [4.69, 9.17) is 11.6 Å². The van der Waals surface area contributed by atoms with E-state index in [1.807, 2.05) is 20.8 Å². The lowest BCUT2D eigenvalue weighted by Crippen LogP contribution is -2.43. The molecule has 0 fully saturated rings. The smallest absolute Gasteiger partial charge is 0.331 e. The van der Waals surface area contributed by atoms with Gasteiger partial charge in [-0.05, 0) is 30.5 Å². The number of aromatic nitrogens is 2. The van der Waals surface area contributed by atoms with Crippen molar-refractivity contribution >= 4 is 28.4 Å². The van der Waals surface area contributed by atoms with E-state index in [9.17, 15) is 14.4 Å². The molecule has 24 heavy (non-hydrogen) atoms. The van der Waals surface area contributed by atoms with E-state index in [0.29, 0.717) is 41.4 Å². The van der Waals surface area contributed by atoms with Crippen molar-refractivity contribution in [1.29, 1.82) is 0 Å². The average molecular weight is 352 g/mol. The molecule has 1 amide bonds. The fourth-order valence-corrected chi connectivity index (χ4v) is 2.65. The highest BCUT2D eigenvalue weighted by molar-refractivity contribution is 6.31. The fourth-order valence-electron chi connectivity index (χ4n) is 2.48. The SMILES string of the molecule is CCCn1c(=O)c2ccc(Cl)cc2n(CC(=O)NCC(C)C)c1=O. The molecule has 0 bridgehead atoms. The maximum Gasteiger partial charge on any atom is 0.331 e. The number of benzene rings is 1. The molecule has 0 saturated heterocycles. The molecule has 0 saturated carbocycles. The van der Waals surface area contributed by atoms with Crippen LogP contribution in [0.25, 0.3) is 10.9 Å². The fraction of sp³-hybridized carbons (Fsp3) is 0.471. The van der Waals surface area contributed by atoms with Crippen LogP contribution in [0.4, 0.5) is 0 Å². The topological polar surface area (TPSA) is 73.1 Å². The second-order valence-corrected chi connectivity index (χ2v) is 6.62. The zero-order chi connectivity index (χ0) is 17.9. The van der Waals surface area contributed by atoms with Crippen LogP contribution in [0.1, 0.15) is 27.2 Å². The summed E-state index contributed by atoms with van der Waals surface area (Å²) in [5, 5.41) is 3.57. The molecule has 130 valence electrons. The van der Waals surface area contributed by atoms with Gasteiger partial charge in [0.1, 0.15) is 6.54 Å². The summed E-state index contributed by atoms with van der Waals surface area (Å²) in [5.74, 6) is 0.0414. The molecule has 0 aliphatic carbocycles. The first-order valence-corrected chi connectivity index (χ1v) is 8.42. The molecule has 0 spiro atoms. The van der Waals surface area contributed by atoms with Crippen LogP contribution >= 0.6 is 11.6 Å². The van der Waals surface area contributed by atoms with Crippen LogP contribution < -0.4 is 16.6 Å². The van der Waals surface area contributed by atoms with Crippen molar-refractivity contribution in [2.75, 3.05) is 6.54 Å². The van der Waals surface area contributed by atoms with Crippen molar-refractivity contribution in [2.24, 2.45) is 5.92 Å². The molecule has 2 aromatic rings. The van der Waals surface area contributed by atoms with Gasteiger partial charge < -0.3 is 5.32 Å². The van der Waals surface area contributed by atoms with Crippen LogP contribution in [-0.4, -0.2) is 21.6 Å². The van der Waals surface area contributed by atoms with Gasteiger partial charge in [0.05, 0.1) is 10.9 Å². The van der Waals surface area contributed by atoms with Gasteiger partial charge in [-0.25, -0.2) is 4.79 Å². The van der Waals surface area contributed by atoms with Gasteiger partial charge in [0, 0.05) is 18.1 Å². The van der Waals surface area contributed by atoms with Crippen molar-refractivity contribution in [1.82, 2.24) is 14.5 Å². The number of carbonyl (C=O) groups is 1. The van der Waals surface area contributed by atoms with E-state index in [1.54, 1.807) is 18.2 Å². The summed E-state index contributed by atoms with van der Waals surface area (Å²) in [7, 11) is 0. The van der Waals surface area contributed by atoms with E-state index in [-0.39, 0.29) is 18.0 Å². The Morgan fingerprint density at radius 2 is 1.96 bits per heavy atom. The standard InChI is InChI=1S/C17H22ClN3O3/c1-4-7-20-16(23)13-6-5-12(18)8-14(13)21(17(20)24)10-15(22)19-9-11(2)3/h5-6,8,11H,4,7,9-10H2,1-3H3,(H,19,22). The number of carbonyl (C=O) groups excluding carboxylic acids is 1. The second-order valence-electron chi connectivity index (χ2n) is 6.18. The molecule has 1 N–H and O–H groups in total. The normalized spacial score (nSPS) is 11.2. The van der Waals surface area contributed by atoms with Gasteiger partial charge in [0.2, 0.25) is 5.91 Å². The Labute approximate surface area is 145 Å². The minimum absolute atomic E-state index is 0.146. The third-order valence-corrected chi connectivity index (χ3v) is 3.88. The summed E-state index contributed by atoms with van der Waals surface area (Å²) >= 11 is 6.01. The Morgan fingerprint density at radius 1 is 1.25 bits per heavy atom. The predicted molar refractivity (Wildman–Crippen MR) is 95.6 cm³/mol. The van der Waals surface area contributed by atoms with E-state index in [0.717, 1.165) is 0 Å². The monoisotopic (exact) mass is 351 g/mol. The number of halogens is 1. The van der Waals surface area contributed by atoms with Gasteiger partial charge in [0.25, 0.3) is 5.56 Å². The third kappa shape index (κ3) is 3.87. The Bertz CT molecular complexity index is 868. The van der Waals surface area contributed by atoms with Crippen LogP contribution in [0.5, 0.6) is 0 Å². The van der Waals surface area contributed by atoms with Gasteiger partial charge in [-0.1, -0.05) is 32.4 Å². The minimum Gasteiger partial charge on any atom is -0.354 e. The van der Waals surface area contributed by atoms with Gasteiger partial charge in [-0.2, -0.15) is 0 Å². The molecule has 1 aromatic carbocycles. The number of fused-ring (bicyclic) bond motifs is 1. The van der Waals surface area contributed by atoms with Crippen LogP contribution in [0.2, 0.25) is 5.02 Å². The van der Waals surface area contributed by atoms with Crippen LogP contribution in [0.15, 0.2) is 27.8 Å². The highest BCUT2D eigenvalue weighted by Crippen LogP contribution is 2.15. The molecule has 0 radical (unpaired) electrons. The molecule has 1 aromatic heterocycles. The molecule has 0 unspecified atom stereocenters. The minimum atomic E-state index is -0.490. The number of hydrogen-bond acceptors (Lipinski definition) is 3.